The molecule has 0 aromatic carbocycles. The van der Waals surface area contributed by atoms with Crippen molar-refractivity contribution in [3.8, 4) is 0 Å². The van der Waals surface area contributed by atoms with E-state index in [-0.39, 0.29) is 6.29 Å². The Morgan fingerprint density at radius 1 is 1.31 bits per heavy atom. The largest absolute Gasteiger partial charge is 0.390 e. The molecular weight excluding hydrogens is 204 g/mol. The molecule has 0 heterocycles. The Kier molecular flexibility index (Phi) is 5.22. The van der Waals surface area contributed by atoms with E-state index >= 15 is 0 Å². The van der Waals surface area contributed by atoms with E-state index in [9.17, 15) is 5.11 Å². The third-order valence-electron chi connectivity index (χ3n) is 3.92. The third-order valence-corrected chi connectivity index (χ3v) is 3.92. The maximum atomic E-state index is 10.5. The van der Waals surface area contributed by atoms with Crippen molar-refractivity contribution in [3.05, 3.63) is 0 Å². The molecule has 1 N–H and O–H groups in total. The van der Waals surface area contributed by atoms with Crippen LogP contribution in [0.1, 0.15) is 46.0 Å². The van der Waals surface area contributed by atoms with Gasteiger partial charge >= 0.3 is 0 Å². The summed E-state index contributed by atoms with van der Waals surface area (Å²) in [4.78, 5) is 0. The number of methoxy groups -OCH3 is 2. The van der Waals surface area contributed by atoms with Gasteiger partial charge in [0.15, 0.2) is 6.29 Å². The topological polar surface area (TPSA) is 38.7 Å². The van der Waals surface area contributed by atoms with Gasteiger partial charge in [0.05, 0.1) is 5.60 Å². The summed E-state index contributed by atoms with van der Waals surface area (Å²) < 4.78 is 10.3. The summed E-state index contributed by atoms with van der Waals surface area (Å²) in [6, 6.07) is 0. The first-order valence-electron chi connectivity index (χ1n) is 6.27. The van der Waals surface area contributed by atoms with Crippen molar-refractivity contribution in [2.45, 2.75) is 57.8 Å². The number of hydrogen-bond donors (Lipinski definition) is 1. The summed E-state index contributed by atoms with van der Waals surface area (Å²) in [6.45, 7) is 4.19. The smallest absolute Gasteiger partial charge is 0.159 e. The van der Waals surface area contributed by atoms with E-state index in [0.29, 0.717) is 12.3 Å². The summed E-state index contributed by atoms with van der Waals surface area (Å²) in [5.74, 6) is 1.11. The number of aliphatic hydroxyl groups is 1. The van der Waals surface area contributed by atoms with E-state index in [1.807, 2.05) is 6.92 Å². The molecule has 0 amide bonds. The van der Waals surface area contributed by atoms with Crippen LogP contribution < -0.4 is 0 Å². The summed E-state index contributed by atoms with van der Waals surface area (Å²) in [6.07, 6.45) is 5.02. The highest BCUT2D eigenvalue weighted by Gasteiger charge is 2.36. The Morgan fingerprint density at radius 3 is 2.44 bits per heavy atom. The van der Waals surface area contributed by atoms with Crippen molar-refractivity contribution in [1.29, 1.82) is 0 Å². The zero-order valence-electron chi connectivity index (χ0n) is 11.0. The van der Waals surface area contributed by atoms with Gasteiger partial charge in [-0.3, -0.25) is 0 Å². The molecule has 96 valence electrons. The van der Waals surface area contributed by atoms with Gasteiger partial charge in [0, 0.05) is 20.6 Å². The molecule has 0 spiro atoms. The standard InChI is InChI=1S/C13H26O3/c1-10-6-5-7-11(8-10)13(2,14)9-12(15-3)16-4/h10-12,14H,5-9H2,1-4H3. The Balaban J connectivity index is 2.53. The molecular formula is C13H26O3. The summed E-state index contributed by atoms with van der Waals surface area (Å²) in [5, 5.41) is 10.5. The molecule has 1 aliphatic rings. The lowest BCUT2D eigenvalue weighted by molar-refractivity contribution is -0.155. The first kappa shape index (κ1) is 13.9. The Morgan fingerprint density at radius 2 is 1.94 bits per heavy atom. The minimum Gasteiger partial charge on any atom is -0.390 e. The first-order valence-corrected chi connectivity index (χ1v) is 6.27. The zero-order chi connectivity index (χ0) is 12.2. The molecule has 1 saturated carbocycles. The van der Waals surface area contributed by atoms with Crippen LogP contribution in [0, 0.1) is 11.8 Å². The van der Waals surface area contributed by atoms with E-state index in [1.165, 1.54) is 12.8 Å². The van der Waals surface area contributed by atoms with E-state index in [1.54, 1.807) is 14.2 Å². The molecule has 0 aromatic heterocycles. The SMILES string of the molecule is COC(CC(C)(O)C1CCCC(C)C1)OC. The molecule has 1 rings (SSSR count). The molecule has 0 bridgehead atoms. The van der Waals surface area contributed by atoms with Crippen molar-refractivity contribution in [2.75, 3.05) is 14.2 Å². The van der Waals surface area contributed by atoms with Gasteiger partial charge in [-0.05, 0) is 31.6 Å². The lowest BCUT2D eigenvalue weighted by Crippen LogP contribution is -2.41. The average Bonchev–Trinajstić information content (AvgIpc) is 2.26. The molecule has 1 aliphatic carbocycles. The molecule has 3 nitrogen and oxygen atoms in total. The van der Waals surface area contributed by atoms with Crippen LogP contribution in [-0.2, 0) is 9.47 Å². The average molecular weight is 230 g/mol. The normalized spacial score (nSPS) is 30.4. The molecule has 3 atom stereocenters. The van der Waals surface area contributed by atoms with Gasteiger partial charge in [0.1, 0.15) is 0 Å². The van der Waals surface area contributed by atoms with Crippen molar-refractivity contribution in [2.24, 2.45) is 11.8 Å². The van der Waals surface area contributed by atoms with E-state index in [2.05, 4.69) is 6.92 Å². The predicted molar refractivity (Wildman–Crippen MR) is 64.2 cm³/mol. The van der Waals surface area contributed by atoms with Crippen LogP contribution in [0.15, 0.2) is 0 Å². The molecule has 3 heteroatoms. The third kappa shape index (κ3) is 3.72. The van der Waals surface area contributed by atoms with Crippen LogP contribution in [0.5, 0.6) is 0 Å². The van der Waals surface area contributed by atoms with Crippen LogP contribution in [0.2, 0.25) is 0 Å². The number of rotatable bonds is 5. The van der Waals surface area contributed by atoms with Crippen LogP contribution in [0.3, 0.4) is 0 Å². The predicted octanol–water partition coefficient (Wildman–Crippen LogP) is 2.57. The molecule has 0 aliphatic heterocycles. The summed E-state index contributed by atoms with van der Waals surface area (Å²) in [5.41, 5.74) is -0.675. The summed E-state index contributed by atoms with van der Waals surface area (Å²) in [7, 11) is 3.24. The van der Waals surface area contributed by atoms with Crippen LogP contribution in [-0.4, -0.2) is 31.2 Å². The second-order valence-electron chi connectivity index (χ2n) is 5.43. The Labute approximate surface area is 99.1 Å². The van der Waals surface area contributed by atoms with Gasteiger partial charge in [-0.25, -0.2) is 0 Å². The van der Waals surface area contributed by atoms with Gasteiger partial charge < -0.3 is 14.6 Å². The lowest BCUT2D eigenvalue weighted by atomic mass is 9.73. The monoisotopic (exact) mass is 230 g/mol. The second-order valence-corrected chi connectivity index (χ2v) is 5.43. The van der Waals surface area contributed by atoms with Crippen LogP contribution >= 0.6 is 0 Å². The quantitative estimate of drug-likeness (QED) is 0.738. The van der Waals surface area contributed by atoms with Crippen molar-refractivity contribution < 1.29 is 14.6 Å². The summed E-state index contributed by atoms with van der Waals surface area (Å²) >= 11 is 0. The fourth-order valence-corrected chi connectivity index (χ4v) is 2.77. The zero-order valence-corrected chi connectivity index (χ0v) is 11.0. The fraction of sp³-hybridized carbons (Fsp3) is 1.00. The molecule has 16 heavy (non-hydrogen) atoms. The van der Waals surface area contributed by atoms with Crippen molar-refractivity contribution in [3.63, 3.8) is 0 Å². The van der Waals surface area contributed by atoms with E-state index < -0.39 is 5.60 Å². The van der Waals surface area contributed by atoms with Crippen LogP contribution in [0.4, 0.5) is 0 Å². The van der Waals surface area contributed by atoms with Crippen molar-refractivity contribution >= 4 is 0 Å². The molecule has 3 unspecified atom stereocenters. The van der Waals surface area contributed by atoms with Crippen molar-refractivity contribution in [1.82, 2.24) is 0 Å². The fourth-order valence-electron chi connectivity index (χ4n) is 2.77. The molecule has 0 saturated heterocycles. The first-order chi connectivity index (χ1) is 7.49. The number of ether oxygens (including phenoxy) is 2. The minimum atomic E-state index is -0.675. The van der Waals surface area contributed by atoms with Gasteiger partial charge in [-0.2, -0.15) is 0 Å². The molecule has 0 aromatic rings. The maximum Gasteiger partial charge on any atom is 0.159 e. The highest BCUT2D eigenvalue weighted by Crippen LogP contribution is 2.38. The molecule has 0 radical (unpaired) electrons. The van der Waals surface area contributed by atoms with E-state index in [4.69, 9.17) is 9.47 Å². The minimum absolute atomic E-state index is 0.299. The second kappa shape index (κ2) is 5.99. The Bertz CT molecular complexity index is 199. The molecule has 1 fully saturated rings. The van der Waals surface area contributed by atoms with Gasteiger partial charge in [0.2, 0.25) is 0 Å². The van der Waals surface area contributed by atoms with Gasteiger partial charge in [0.25, 0.3) is 0 Å². The lowest BCUT2D eigenvalue weighted by Gasteiger charge is -2.39. The number of hydrogen-bond acceptors (Lipinski definition) is 3. The highest BCUT2D eigenvalue weighted by molar-refractivity contribution is 4.86. The Hall–Kier alpha value is -0.120. The maximum absolute atomic E-state index is 10.5. The highest BCUT2D eigenvalue weighted by atomic mass is 16.7. The van der Waals surface area contributed by atoms with E-state index in [0.717, 1.165) is 18.8 Å². The van der Waals surface area contributed by atoms with Crippen LogP contribution in [0.25, 0.3) is 0 Å². The van der Waals surface area contributed by atoms with Gasteiger partial charge in [-0.1, -0.05) is 19.8 Å². The van der Waals surface area contributed by atoms with Gasteiger partial charge in [-0.15, -0.1) is 0 Å².